The maximum Gasteiger partial charge on any atom is 0.191 e. The quantitative estimate of drug-likeness (QED) is 0.292. The van der Waals surface area contributed by atoms with E-state index < -0.39 is 5.82 Å². The third-order valence-electron chi connectivity index (χ3n) is 5.46. The van der Waals surface area contributed by atoms with Crippen LogP contribution in [0.25, 0.3) is 0 Å². The monoisotopic (exact) mass is 551 g/mol. The number of rotatable bonds is 8. The van der Waals surface area contributed by atoms with Crippen LogP contribution in [0.5, 0.6) is 5.75 Å². The highest BCUT2D eigenvalue weighted by atomic mass is 127. The van der Waals surface area contributed by atoms with E-state index in [0.29, 0.717) is 30.2 Å². The molecule has 32 heavy (non-hydrogen) atoms. The van der Waals surface area contributed by atoms with Crippen LogP contribution in [0.2, 0.25) is 0 Å². The van der Waals surface area contributed by atoms with E-state index in [2.05, 4.69) is 32.7 Å². The number of nitriles is 1. The first-order valence-corrected chi connectivity index (χ1v) is 10.7. The van der Waals surface area contributed by atoms with E-state index in [9.17, 15) is 4.39 Å². The van der Waals surface area contributed by atoms with E-state index in [-0.39, 0.29) is 36.6 Å². The molecule has 1 heterocycles. The van der Waals surface area contributed by atoms with Crippen molar-refractivity contribution >= 4 is 29.9 Å². The van der Waals surface area contributed by atoms with Gasteiger partial charge in [0.2, 0.25) is 0 Å². The molecule has 1 aliphatic heterocycles. The van der Waals surface area contributed by atoms with Gasteiger partial charge in [-0.3, -0.25) is 4.90 Å². The molecule has 1 unspecified atom stereocenters. The molecule has 0 aromatic heterocycles. The van der Waals surface area contributed by atoms with Crippen molar-refractivity contribution in [2.45, 2.75) is 32.4 Å². The maximum atomic E-state index is 14.2. The zero-order chi connectivity index (χ0) is 22.1. The van der Waals surface area contributed by atoms with Crippen molar-refractivity contribution in [3.05, 3.63) is 65.0 Å². The largest absolute Gasteiger partial charge is 0.497 e. The molecule has 2 N–H and O–H groups in total. The van der Waals surface area contributed by atoms with Gasteiger partial charge in [0, 0.05) is 18.7 Å². The molecule has 8 heteroatoms. The lowest BCUT2D eigenvalue weighted by atomic mass is 10.1. The van der Waals surface area contributed by atoms with Gasteiger partial charge in [-0.25, -0.2) is 9.38 Å². The predicted molar refractivity (Wildman–Crippen MR) is 136 cm³/mol. The van der Waals surface area contributed by atoms with E-state index in [4.69, 9.17) is 10.00 Å². The minimum atomic E-state index is -0.412. The number of likely N-dealkylation sites (tertiary alicyclic amines) is 1. The number of nitrogens with zero attached hydrogens (tertiary/aromatic N) is 3. The van der Waals surface area contributed by atoms with Gasteiger partial charge in [0.05, 0.1) is 31.3 Å². The van der Waals surface area contributed by atoms with Crippen LogP contribution in [0.3, 0.4) is 0 Å². The summed E-state index contributed by atoms with van der Waals surface area (Å²) in [6, 6.07) is 14.8. The molecule has 0 bridgehead atoms. The first-order chi connectivity index (χ1) is 15.1. The van der Waals surface area contributed by atoms with Crippen LogP contribution in [0, 0.1) is 17.1 Å². The molecule has 2 aromatic rings. The van der Waals surface area contributed by atoms with Crippen molar-refractivity contribution in [2.75, 3.05) is 33.3 Å². The maximum absolute atomic E-state index is 14.2. The van der Waals surface area contributed by atoms with Gasteiger partial charge in [-0.1, -0.05) is 18.2 Å². The Hall–Kier alpha value is -2.38. The molecule has 1 fully saturated rings. The summed E-state index contributed by atoms with van der Waals surface area (Å²) in [5.41, 5.74) is 1.96. The Kier molecular flexibility index (Phi) is 10.7. The predicted octanol–water partition coefficient (Wildman–Crippen LogP) is 4.22. The van der Waals surface area contributed by atoms with E-state index >= 15 is 0 Å². The number of benzene rings is 2. The number of ether oxygens (including phenoxy) is 1. The molecule has 0 amide bonds. The normalized spacial score (nSPS) is 14.9. The van der Waals surface area contributed by atoms with Crippen LogP contribution in [0.1, 0.15) is 42.5 Å². The van der Waals surface area contributed by atoms with E-state index in [1.165, 1.54) is 24.5 Å². The second-order valence-corrected chi connectivity index (χ2v) is 7.53. The van der Waals surface area contributed by atoms with Gasteiger partial charge in [-0.15, -0.1) is 24.0 Å². The zero-order valence-electron chi connectivity index (χ0n) is 18.6. The summed E-state index contributed by atoms with van der Waals surface area (Å²) in [6.45, 7) is 5.70. The number of hydrogen-bond donors (Lipinski definition) is 2. The standard InChI is InChI=1S/C24H30FN5O.HI/c1-3-27-24(28-16-20-10-9-18(15-26)13-22(20)25)29-17-23(30-11-4-5-12-30)19-7-6-8-21(14-19)31-2;/h6-10,13-14,23H,3-5,11-12,16-17H2,1-2H3,(H2,27,28,29);1H. The van der Waals surface area contributed by atoms with Crippen molar-refractivity contribution in [2.24, 2.45) is 4.99 Å². The van der Waals surface area contributed by atoms with Crippen LogP contribution in [0.4, 0.5) is 4.39 Å². The van der Waals surface area contributed by atoms with Crippen molar-refractivity contribution in [3.63, 3.8) is 0 Å². The number of nitrogens with one attached hydrogen (secondary N) is 2. The van der Waals surface area contributed by atoms with E-state index in [1.807, 2.05) is 25.1 Å². The summed E-state index contributed by atoms with van der Waals surface area (Å²) in [6.07, 6.45) is 2.40. The van der Waals surface area contributed by atoms with Crippen LogP contribution >= 0.6 is 24.0 Å². The molecule has 0 radical (unpaired) electrons. The lowest BCUT2D eigenvalue weighted by Crippen LogP contribution is -2.42. The highest BCUT2D eigenvalue weighted by Crippen LogP contribution is 2.27. The summed E-state index contributed by atoms with van der Waals surface area (Å²) in [7, 11) is 1.68. The highest BCUT2D eigenvalue weighted by Gasteiger charge is 2.24. The van der Waals surface area contributed by atoms with Gasteiger partial charge in [-0.05, 0) is 62.7 Å². The second-order valence-electron chi connectivity index (χ2n) is 7.53. The Morgan fingerprint density at radius 3 is 2.66 bits per heavy atom. The molecule has 1 atom stereocenters. The van der Waals surface area contributed by atoms with Crippen molar-refractivity contribution in [1.82, 2.24) is 15.5 Å². The smallest absolute Gasteiger partial charge is 0.191 e. The number of methoxy groups -OCH3 is 1. The molecular weight excluding hydrogens is 520 g/mol. The Bertz CT molecular complexity index is 940. The molecule has 2 aromatic carbocycles. The van der Waals surface area contributed by atoms with Gasteiger partial charge in [0.15, 0.2) is 5.96 Å². The van der Waals surface area contributed by atoms with Gasteiger partial charge >= 0.3 is 0 Å². The fraction of sp³-hybridized carbons (Fsp3) is 0.417. The molecule has 6 nitrogen and oxygen atoms in total. The molecule has 0 spiro atoms. The fourth-order valence-corrected chi connectivity index (χ4v) is 3.80. The Morgan fingerprint density at radius 1 is 1.22 bits per heavy atom. The molecule has 0 aliphatic carbocycles. The number of halogens is 2. The van der Waals surface area contributed by atoms with Crippen molar-refractivity contribution < 1.29 is 9.13 Å². The highest BCUT2D eigenvalue weighted by molar-refractivity contribution is 14.0. The zero-order valence-corrected chi connectivity index (χ0v) is 20.9. The van der Waals surface area contributed by atoms with Gasteiger partial charge < -0.3 is 15.4 Å². The molecule has 172 valence electrons. The SMILES string of the molecule is CCNC(=NCc1ccc(C#N)cc1F)NCC(c1cccc(OC)c1)N1CCCC1.I. The number of hydrogen-bond acceptors (Lipinski definition) is 4. The summed E-state index contributed by atoms with van der Waals surface area (Å²) < 4.78 is 19.6. The van der Waals surface area contributed by atoms with Gasteiger partial charge in [-0.2, -0.15) is 5.26 Å². The lowest BCUT2D eigenvalue weighted by molar-refractivity contribution is 0.245. The van der Waals surface area contributed by atoms with Crippen LogP contribution in [-0.2, 0) is 6.54 Å². The Labute approximate surface area is 206 Å². The lowest BCUT2D eigenvalue weighted by Gasteiger charge is -2.29. The second kappa shape index (κ2) is 13.2. The van der Waals surface area contributed by atoms with Crippen molar-refractivity contribution in [1.29, 1.82) is 5.26 Å². The molecule has 1 saturated heterocycles. The Balaban J connectivity index is 0.00000363. The summed E-state index contributed by atoms with van der Waals surface area (Å²) >= 11 is 0. The van der Waals surface area contributed by atoms with Crippen molar-refractivity contribution in [3.8, 4) is 11.8 Å². The first kappa shape index (κ1) is 25.9. The third-order valence-corrected chi connectivity index (χ3v) is 5.46. The van der Waals surface area contributed by atoms with Gasteiger partial charge in [0.25, 0.3) is 0 Å². The van der Waals surface area contributed by atoms with E-state index in [0.717, 1.165) is 18.8 Å². The molecule has 1 aliphatic rings. The fourth-order valence-electron chi connectivity index (χ4n) is 3.80. The van der Waals surface area contributed by atoms with E-state index in [1.54, 1.807) is 19.2 Å². The average molecular weight is 551 g/mol. The summed E-state index contributed by atoms with van der Waals surface area (Å²) in [4.78, 5) is 7.03. The van der Waals surface area contributed by atoms with Crippen LogP contribution in [0.15, 0.2) is 47.5 Å². The molecule has 0 saturated carbocycles. The Morgan fingerprint density at radius 2 is 2.00 bits per heavy atom. The topological polar surface area (TPSA) is 72.7 Å². The first-order valence-electron chi connectivity index (χ1n) is 10.7. The van der Waals surface area contributed by atoms with Gasteiger partial charge in [0.1, 0.15) is 11.6 Å². The minimum Gasteiger partial charge on any atom is -0.497 e. The summed E-state index contributed by atoms with van der Waals surface area (Å²) in [5.74, 6) is 1.07. The average Bonchev–Trinajstić information content (AvgIpc) is 3.32. The third kappa shape index (κ3) is 7.07. The molecule has 3 rings (SSSR count). The number of aliphatic imine (C=N–C) groups is 1. The van der Waals surface area contributed by atoms with Crippen LogP contribution < -0.4 is 15.4 Å². The molecular formula is C24H31FIN5O. The number of guanidine groups is 1. The minimum absolute atomic E-state index is 0. The van der Waals surface area contributed by atoms with Crippen LogP contribution in [-0.4, -0.2) is 44.1 Å². The summed E-state index contributed by atoms with van der Waals surface area (Å²) in [5, 5.41) is 15.6.